The maximum absolute atomic E-state index is 14.4. The summed E-state index contributed by atoms with van der Waals surface area (Å²) in [6.45, 7) is 6.98. The van der Waals surface area contributed by atoms with Crippen LogP contribution in [0.1, 0.15) is 96.7 Å². The first-order valence-corrected chi connectivity index (χ1v) is 15.2. The zero-order valence-electron chi connectivity index (χ0n) is 25.1. The van der Waals surface area contributed by atoms with Gasteiger partial charge in [0.1, 0.15) is 5.67 Å². The number of ether oxygens (including phenoxy) is 1. The molecule has 0 saturated heterocycles. The van der Waals surface area contributed by atoms with Crippen LogP contribution >= 0.6 is 0 Å². The minimum atomic E-state index is -1.02. The molecule has 9 rings (SSSR count). The Morgan fingerprint density at radius 3 is 2.24 bits per heavy atom. The van der Waals surface area contributed by atoms with Crippen LogP contribution in [0.4, 0.5) is 10.1 Å². The van der Waals surface area contributed by atoms with Crippen LogP contribution in [0.25, 0.3) is 11.1 Å². The van der Waals surface area contributed by atoms with Gasteiger partial charge in [-0.05, 0) is 86.3 Å². The Hall–Kier alpha value is -3.36. The summed E-state index contributed by atoms with van der Waals surface area (Å²) >= 11 is 0. The molecular weight excluding hydrogens is 533 g/mol. The average molecular weight is 574 g/mol. The summed E-state index contributed by atoms with van der Waals surface area (Å²) in [5, 5.41) is 4.32. The number of carbonyl (C=O) groups excluding carboxylic acids is 1. The third-order valence-electron chi connectivity index (χ3n) is 10.7. The molecule has 6 fully saturated rings. The lowest BCUT2D eigenvalue weighted by Crippen LogP contribution is -2.65. The number of halogens is 1. The zero-order chi connectivity index (χ0) is 29.4. The quantitative estimate of drug-likeness (QED) is 0.295. The Labute approximate surface area is 246 Å². The lowest BCUT2D eigenvalue weighted by molar-refractivity contribution is -0.215. The fourth-order valence-electron chi connectivity index (χ4n) is 8.11. The van der Waals surface area contributed by atoms with Crippen molar-refractivity contribution in [2.75, 3.05) is 18.6 Å². The second-order valence-corrected chi connectivity index (χ2v) is 14.8. The molecule has 222 valence electrons. The van der Waals surface area contributed by atoms with Gasteiger partial charge in [-0.3, -0.25) is 4.79 Å². The number of carbonyl (C=O) groups is 1. The summed E-state index contributed by atoms with van der Waals surface area (Å²) in [5.74, 6) is 1.65. The van der Waals surface area contributed by atoms with Gasteiger partial charge >= 0.3 is 6.01 Å². The van der Waals surface area contributed by atoms with Crippen molar-refractivity contribution in [2.45, 2.75) is 101 Å². The monoisotopic (exact) mass is 573 g/mol. The van der Waals surface area contributed by atoms with Crippen LogP contribution in [0.2, 0.25) is 0 Å². The largest absolute Gasteiger partial charge is 0.467 e. The first kappa shape index (κ1) is 27.5. The number of benzene rings is 1. The Morgan fingerprint density at radius 1 is 1.00 bits per heavy atom. The summed E-state index contributed by atoms with van der Waals surface area (Å²) in [5.41, 5.74) is 1.31. The van der Waals surface area contributed by atoms with Crippen molar-refractivity contribution < 1.29 is 18.4 Å². The van der Waals surface area contributed by atoms with Gasteiger partial charge in [0.2, 0.25) is 11.8 Å². The van der Waals surface area contributed by atoms with E-state index in [0.29, 0.717) is 38.2 Å². The molecule has 3 aromatic rings. The number of hydrogen-bond donors (Lipinski definition) is 0. The highest BCUT2D eigenvalue weighted by atomic mass is 19.1. The summed E-state index contributed by atoms with van der Waals surface area (Å²) < 4.78 is 25.3. The van der Waals surface area contributed by atoms with E-state index in [1.807, 2.05) is 23.1 Å². The zero-order valence-corrected chi connectivity index (χ0v) is 25.1. The molecule has 0 spiro atoms. The first-order valence-electron chi connectivity index (χ1n) is 15.2. The molecule has 6 saturated carbocycles. The number of alkyl halides is 1. The number of amides is 1. The van der Waals surface area contributed by atoms with Crippen LogP contribution in [-0.4, -0.2) is 45.3 Å². The molecule has 8 nitrogen and oxygen atoms in total. The van der Waals surface area contributed by atoms with E-state index in [0.717, 1.165) is 67.1 Å². The van der Waals surface area contributed by atoms with E-state index in [1.165, 1.54) is 0 Å². The fraction of sp³-hybridized carbons (Fsp3) is 0.606. The number of aromatic nitrogens is 4. The highest BCUT2D eigenvalue weighted by Gasteiger charge is 2.69. The topological polar surface area (TPSA) is 94.2 Å². The van der Waals surface area contributed by atoms with E-state index in [9.17, 15) is 9.18 Å². The maximum Gasteiger partial charge on any atom is 0.316 e. The molecular formula is C33H40FN5O3. The Morgan fingerprint density at radius 2 is 1.67 bits per heavy atom. The fourth-order valence-corrected chi connectivity index (χ4v) is 8.11. The highest BCUT2D eigenvalue weighted by molar-refractivity contribution is 5.95. The lowest BCUT2D eigenvalue weighted by atomic mass is 9.41. The van der Waals surface area contributed by atoms with Crippen LogP contribution in [0, 0.1) is 10.8 Å². The number of anilines is 1. The van der Waals surface area contributed by atoms with Gasteiger partial charge in [0.25, 0.3) is 0 Å². The molecule has 0 radical (unpaired) electrons. The predicted molar refractivity (Wildman–Crippen MR) is 156 cm³/mol. The third-order valence-corrected chi connectivity index (χ3v) is 10.7. The molecule has 2 heterocycles. The van der Waals surface area contributed by atoms with E-state index in [1.54, 1.807) is 19.5 Å². The van der Waals surface area contributed by atoms with Gasteiger partial charge in [-0.15, -0.1) is 0 Å². The lowest BCUT2D eigenvalue weighted by Gasteiger charge is -2.66. The van der Waals surface area contributed by atoms with Crippen molar-refractivity contribution in [3.63, 3.8) is 0 Å². The van der Waals surface area contributed by atoms with Crippen LogP contribution in [0.3, 0.4) is 0 Å². The molecule has 0 N–H and O–H groups in total. The van der Waals surface area contributed by atoms with E-state index in [4.69, 9.17) is 14.2 Å². The predicted octanol–water partition coefficient (Wildman–Crippen LogP) is 6.74. The number of rotatable bonds is 8. The minimum Gasteiger partial charge on any atom is -0.467 e. The van der Waals surface area contributed by atoms with Crippen LogP contribution in [0.5, 0.6) is 6.01 Å². The molecule has 4 bridgehead atoms. The molecule has 0 unspecified atom stereocenters. The van der Waals surface area contributed by atoms with Gasteiger partial charge in [0.05, 0.1) is 7.11 Å². The summed E-state index contributed by atoms with van der Waals surface area (Å²) in [6, 6.07) is 8.38. The number of fused-ring (bicyclic) bond motifs is 3. The molecule has 1 aromatic carbocycles. The van der Waals surface area contributed by atoms with Gasteiger partial charge < -0.3 is 14.2 Å². The maximum atomic E-state index is 14.4. The Kier molecular flexibility index (Phi) is 6.09. The third kappa shape index (κ3) is 4.60. The van der Waals surface area contributed by atoms with Gasteiger partial charge in [-0.2, -0.15) is 4.98 Å². The van der Waals surface area contributed by atoms with E-state index in [2.05, 4.69) is 42.0 Å². The normalized spacial score (nSPS) is 31.3. The van der Waals surface area contributed by atoms with Crippen molar-refractivity contribution in [2.24, 2.45) is 10.8 Å². The second-order valence-electron chi connectivity index (χ2n) is 14.8. The first-order chi connectivity index (χ1) is 19.9. The second kappa shape index (κ2) is 9.32. The van der Waals surface area contributed by atoms with Crippen molar-refractivity contribution in [1.29, 1.82) is 0 Å². The molecule has 0 aliphatic heterocycles. The summed E-state index contributed by atoms with van der Waals surface area (Å²) in [7, 11) is 1.54. The van der Waals surface area contributed by atoms with Crippen LogP contribution < -0.4 is 9.64 Å². The van der Waals surface area contributed by atoms with Gasteiger partial charge in [0.15, 0.2) is 5.82 Å². The van der Waals surface area contributed by atoms with Gasteiger partial charge in [-0.1, -0.05) is 38.1 Å². The van der Waals surface area contributed by atoms with E-state index < -0.39 is 5.67 Å². The summed E-state index contributed by atoms with van der Waals surface area (Å²) in [6.07, 6.45) is 11.4. The van der Waals surface area contributed by atoms with Gasteiger partial charge in [0, 0.05) is 47.4 Å². The molecule has 6 aliphatic rings. The highest BCUT2D eigenvalue weighted by Crippen LogP contribution is 2.71. The van der Waals surface area contributed by atoms with Crippen molar-refractivity contribution >= 4 is 11.6 Å². The number of methoxy groups -OCH3 is 1. The molecule has 6 aliphatic carbocycles. The Bertz CT molecular complexity index is 1470. The number of hydrogen-bond acceptors (Lipinski definition) is 7. The van der Waals surface area contributed by atoms with Crippen LogP contribution in [-0.2, 0) is 15.6 Å². The van der Waals surface area contributed by atoms with Crippen molar-refractivity contribution in [3.8, 4) is 17.1 Å². The van der Waals surface area contributed by atoms with Gasteiger partial charge in [-0.25, -0.2) is 14.4 Å². The van der Waals surface area contributed by atoms with Crippen LogP contribution in [0.15, 0.2) is 41.2 Å². The molecule has 1 amide bonds. The minimum absolute atomic E-state index is 0.0320. The molecule has 0 atom stereocenters. The molecule has 9 heteroatoms. The molecule has 42 heavy (non-hydrogen) atoms. The smallest absolute Gasteiger partial charge is 0.316 e. The van der Waals surface area contributed by atoms with E-state index in [-0.39, 0.29) is 27.6 Å². The SMILES string of the molecule is COc1ncc(-c2cccc(N(CC34CCC(c5nc(C(C)(C)C)no5)(CC3)CC4)C(=O)CC34CC(F)(C3)C4)c2)cn1. The van der Waals surface area contributed by atoms with Crippen molar-refractivity contribution in [1.82, 2.24) is 20.1 Å². The number of nitrogens with zero attached hydrogens (tertiary/aromatic N) is 5. The molecule has 2 aromatic heterocycles. The standard InChI is InChI=1S/C33H40FN5O3/c1-29(2,3)26-37-27(42-38-26)32-11-8-30(9-12-32,10-13-32)21-39(25(40)15-31-18-33(34,19-31)20-31)24-7-5-6-22(14-24)23-16-35-28(41-4)36-17-23/h5-7,14,16-17H,8-13,15,18-21H2,1-4H3. The average Bonchev–Trinajstić information content (AvgIpc) is 3.48. The summed E-state index contributed by atoms with van der Waals surface area (Å²) in [4.78, 5) is 29.5. The van der Waals surface area contributed by atoms with E-state index >= 15 is 0 Å². The Balaban J connectivity index is 1.14. The van der Waals surface area contributed by atoms with Crippen molar-refractivity contribution in [3.05, 3.63) is 48.4 Å².